The molecule has 92 valence electrons. The molecule has 1 heteroatoms. The molecule has 2 rings (SSSR count). The molecule has 0 spiro atoms. The van der Waals surface area contributed by atoms with E-state index < -0.39 is 0 Å². The molecule has 0 radical (unpaired) electrons. The number of hydrogen-bond acceptors (Lipinski definition) is 1. The molecule has 0 atom stereocenters. The summed E-state index contributed by atoms with van der Waals surface area (Å²) < 4.78 is 0. The average Bonchev–Trinajstić information content (AvgIpc) is 2.38. The average molecular weight is 237 g/mol. The Balaban J connectivity index is 2.39. The number of rotatable bonds is 3. The second-order valence-corrected chi connectivity index (χ2v) is 4.70. The van der Waals surface area contributed by atoms with Gasteiger partial charge in [-0.2, -0.15) is 0 Å². The normalized spacial score (nSPS) is 11.4. The summed E-state index contributed by atoms with van der Waals surface area (Å²) in [4.78, 5) is 2.15. The summed E-state index contributed by atoms with van der Waals surface area (Å²) in [7, 11) is 4.15. The van der Waals surface area contributed by atoms with E-state index in [1.165, 1.54) is 22.4 Å². The Morgan fingerprint density at radius 3 is 2.06 bits per heavy atom. The summed E-state index contributed by atoms with van der Waals surface area (Å²) >= 11 is 0. The first-order valence-corrected chi connectivity index (χ1v) is 6.18. The van der Waals surface area contributed by atoms with Crippen molar-refractivity contribution in [3.63, 3.8) is 0 Å². The Bertz CT molecular complexity index is 521. The minimum absolute atomic E-state index is 1.22. The van der Waals surface area contributed by atoms with Crippen molar-refractivity contribution in [3.8, 4) is 0 Å². The molecule has 0 N–H and O–H groups in total. The summed E-state index contributed by atoms with van der Waals surface area (Å²) in [6, 6.07) is 19.1. The second-order valence-electron chi connectivity index (χ2n) is 4.70. The summed E-state index contributed by atoms with van der Waals surface area (Å²) in [6.07, 6.45) is 2.22. The first kappa shape index (κ1) is 12.4. The van der Waals surface area contributed by atoms with Crippen molar-refractivity contribution < 1.29 is 0 Å². The van der Waals surface area contributed by atoms with Gasteiger partial charge in [-0.1, -0.05) is 60.2 Å². The van der Waals surface area contributed by atoms with E-state index in [-0.39, 0.29) is 0 Å². The molecule has 0 amide bonds. The lowest BCUT2D eigenvalue weighted by molar-refractivity contribution is 0.595. The number of hydrogen-bond donors (Lipinski definition) is 0. The van der Waals surface area contributed by atoms with Gasteiger partial charge in [0, 0.05) is 19.8 Å². The highest BCUT2D eigenvalue weighted by Gasteiger charge is 2.03. The standard InChI is InChI=1S/C17H19N/c1-14-9-11-15(12-10-14)13-17(18(2)3)16-7-5-4-6-8-16/h4-13H,1-3H3. The van der Waals surface area contributed by atoms with Gasteiger partial charge in [-0.15, -0.1) is 0 Å². The zero-order valence-corrected chi connectivity index (χ0v) is 11.2. The Hall–Kier alpha value is -2.02. The molecule has 2 aromatic rings. The molecular weight excluding hydrogens is 218 g/mol. The predicted molar refractivity (Wildman–Crippen MR) is 79.2 cm³/mol. The van der Waals surface area contributed by atoms with Gasteiger partial charge in [0.1, 0.15) is 0 Å². The highest BCUT2D eigenvalue weighted by Crippen LogP contribution is 2.20. The maximum Gasteiger partial charge on any atom is 0.0440 e. The molecule has 18 heavy (non-hydrogen) atoms. The van der Waals surface area contributed by atoms with Crippen molar-refractivity contribution in [2.75, 3.05) is 14.1 Å². The van der Waals surface area contributed by atoms with Crippen molar-refractivity contribution in [2.24, 2.45) is 0 Å². The van der Waals surface area contributed by atoms with Gasteiger partial charge in [0.2, 0.25) is 0 Å². The van der Waals surface area contributed by atoms with Crippen LogP contribution in [-0.2, 0) is 0 Å². The van der Waals surface area contributed by atoms with E-state index in [1.54, 1.807) is 0 Å². The van der Waals surface area contributed by atoms with Crippen LogP contribution < -0.4 is 0 Å². The summed E-state index contributed by atoms with van der Waals surface area (Å²) in [5, 5.41) is 0. The highest BCUT2D eigenvalue weighted by molar-refractivity contribution is 5.80. The lowest BCUT2D eigenvalue weighted by Crippen LogP contribution is -2.09. The fourth-order valence-corrected chi connectivity index (χ4v) is 1.90. The fourth-order valence-electron chi connectivity index (χ4n) is 1.90. The molecule has 0 saturated heterocycles. The smallest absolute Gasteiger partial charge is 0.0440 e. The summed E-state index contributed by atoms with van der Waals surface area (Å²) in [5.41, 5.74) is 4.98. The van der Waals surface area contributed by atoms with E-state index in [9.17, 15) is 0 Å². The first-order valence-electron chi connectivity index (χ1n) is 6.18. The fraction of sp³-hybridized carbons (Fsp3) is 0.176. The summed E-state index contributed by atoms with van der Waals surface area (Å²) in [6.45, 7) is 2.11. The SMILES string of the molecule is Cc1ccc(C=C(c2ccccc2)N(C)C)cc1. The third-order valence-corrected chi connectivity index (χ3v) is 2.93. The van der Waals surface area contributed by atoms with E-state index in [0.717, 1.165) is 0 Å². The van der Waals surface area contributed by atoms with E-state index >= 15 is 0 Å². The van der Waals surface area contributed by atoms with Gasteiger partial charge < -0.3 is 4.90 Å². The molecular formula is C17H19N. The Labute approximate surface area is 109 Å². The van der Waals surface area contributed by atoms with Crippen molar-refractivity contribution >= 4 is 11.8 Å². The minimum Gasteiger partial charge on any atom is -0.377 e. The number of benzene rings is 2. The van der Waals surface area contributed by atoms with E-state index in [2.05, 4.69) is 80.5 Å². The molecule has 1 nitrogen and oxygen atoms in total. The van der Waals surface area contributed by atoms with Crippen LogP contribution in [0.4, 0.5) is 0 Å². The Kier molecular flexibility index (Phi) is 3.83. The molecule has 2 aromatic carbocycles. The third kappa shape index (κ3) is 3.01. The van der Waals surface area contributed by atoms with Crippen LogP contribution in [0.5, 0.6) is 0 Å². The molecule has 0 fully saturated rings. The van der Waals surface area contributed by atoms with Crippen molar-refractivity contribution in [2.45, 2.75) is 6.92 Å². The van der Waals surface area contributed by atoms with E-state index in [1.807, 2.05) is 6.07 Å². The van der Waals surface area contributed by atoms with Crippen LogP contribution in [0.25, 0.3) is 11.8 Å². The summed E-state index contributed by atoms with van der Waals surface area (Å²) in [5.74, 6) is 0. The number of nitrogens with zero attached hydrogens (tertiary/aromatic N) is 1. The zero-order chi connectivity index (χ0) is 13.0. The monoisotopic (exact) mass is 237 g/mol. The van der Waals surface area contributed by atoms with Gasteiger partial charge in [0.15, 0.2) is 0 Å². The topological polar surface area (TPSA) is 3.24 Å². The van der Waals surface area contributed by atoms with Gasteiger partial charge in [-0.25, -0.2) is 0 Å². The van der Waals surface area contributed by atoms with Crippen LogP contribution in [-0.4, -0.2) is 19.0 Å². The Morgan fingerprint density at radius 2 is 1.50 bits per heavy atom. The van der Waals surface area contributed by atoms with Gasteiger partial charge in [-0.3, -0.25) is 0 Å². The van der Waals surface area contributed by atoms with E-state index in [0.29, 0.717) is 0 Å². The maximum absolute atomic E-state index is 2.22. The lowest BCUT2D eigenvalue weighted by atomic mass is 10.1. The van der Waals surface area contributed by atoms with Crippen LogP contribution in [0.1, 0.15) is 16.7 Å². The third-order valence-electron chi connectivity index (χ3n) is 2.93. The largest absolute Gasteiger partial charge is 0.377 e. The van der Waals surface area contributed by atoms with Crippen molar-refractivity contribution in [3.05, 3.63) is 71.3 Å². The van der Waals surface area contributed by atoms with Crippen LogP contribution in [0.3, 0.4) is 0 Å². The molecule has 0 aliphatic carbocycles. The van der Waals surface area contributed by atoms with Crippen molar-refractivity contribution in [1.29, 1.82) is 0 Å². The second kappa shape index (κ2) is 5.54. The predicted octanol–water partition coefficient (Wildman–Crippen LogP) is 4.05. The first-order chi connectivity index (χ1) is 8.66. The lowest BCUT2D eigenvalue weighted by Gasteiger charge is -2.17. The zero-order valence-electron chi connectivity index (χ0n) is 11.2. The van der Waals surface area contributed by atoms with Crippen LogP contribution in [0.2, 0.25) is 0 Å². The molecule has 0 heterocycles. The maximum atomic E-state index is 2.22. The van der Waals surface area contributed by atoms with Gasteiger partial charge in [0.25, 0.3) is 0 Å². The Morgan fingerprint density at radius 1 is 0.889 bits per heavy atom. The van der Waals surface area contributed by atoms with Crippen LogP contribution >= 0.6 is 0 Å². The van der Waals surface area contributed by atoms with Crippen molar-refractivity contribution in [1.82, 2.24) is 4.90 Å². The van der Waals surface area contributed by atoms with Gasteiger partial charge >= 0.3 is 0 Å². The van der Waals surface area contributed by atoms with E-state index in [4.69, 9.17) is 0 Å². The molecule has 0 aliphatic rings. The van der Waals surface area contributed by atoms with Gasteiger partial charge in [-0.05, 0) is 24.1 Å². The van der Waals surface area contributed by atoms with Crippen LogP contribution in [0, 0.1) is 6.92 Å². The quantitative estimate of drug-likeness (QED) is 0.728. The molecule has 0 unspecified atom stereocenters. The van der Waals surface area contributed by atoms with Crippen LogP contribution in [0.15, 0.2) is 54.6 Å². The molecule has 0 aliphatic heterocycles. The number of aryl methyl sites for hydroxylation is 1. The van der Waals surface area contributed by atoms with Gasteiger partial charge in [0.05, 0.1) is 0 Å². The molecule has 0 bridgehead atoms. The molecule has 0 aromatic heterocycles. The highest BCUT2D eigenvalue weighted by atomic mass is 15.1. The molecule has 0 saturated carbocycles. The minimum atomic E-state index is 1.22.